The topological polar surface area (TPSA) is 82.3 Å². The molecule has 1 rings (SSSR count). The summed E-state index contributed by atoms with van der Waals surface area (Å²) in [6.45, 7) is 3.25. The molecule has 6 nitrogen and oxygen atoms in total. The molecule has 1 atom stereocenters. The van der Waals surface area contributed by atoms with Crippen molar-refractivity contribution in [1.29, 1.82) is 0 Å². The number of hydrogen-bond donors (Lipinski definition) is 2. The third-order valence-electron chi connectivity index (χ3n) is 2.66. The molecule has 18 heavy (non-hydrogen) atoms. The minimum atomic E-state index is -0.0133. The van der Waals surface area contributed by atoms with Crippen LogP contribution in [-0.4, -0.2) is 43.4 Å². The van der Waals surface area contributed by atoms with E-state index in [0.717, 1.165) is 24.2 Å². The number of rotatable bonds is 8. The second-order valence-electron chi connectivity index (χ2n) is 4.03. The highest BCUT2D eigenvalue weighted by Gasteiger charge is 2.11. The number of methoxy groups -OCH3 is 2. The molecule has 1 unspecified atom stereocenters. The number of nitrogens with two attached hydrogens (primary N) is 1. The Morgan fingerprint density at radius 2 is 2.17 bits per heavy atom. The average molecular weight is 254 g/mol. The number of nitrogens with zero attached hydrogens (tertiary/aromatic N) is 2. The van der Waals surface area contributed by atoms with E-state index in [0.29, 0.717) is 19.0 Å². The highest BCUT2D eigenvalue weighted by atomic mass is 16.5. The highest BCUT2D eigenvalue weighted by molar-refractivity contribution is 5.55. The van der Waals surface area contributed by atoms with Gasteiger partial charge in [0.15, 0.2) is 0 Å². The summed E-state index contributed by atoms with van der Waals surface area (Å²) in [5.41, 5.74) is 6.82. The van der Waals surface area contributed by atoms with Gasteiger partial charge in [0, 0.05) is 26.3 Å². The Kier molecular flexibility index (Phi) is 6.38. The summed E-state index contributed by atoms with van der Waals surface area (Å²) < 4.78 is 10.3. The van der Waals surface area contributed by atoms with E-state index in [4.69, 9.17) is 15.2 Å². The van der Waals surface area contributed by atoms with Crippen LogP contribution in [0.5, 0.6) is 0 Å². The predicted molar refractivity (Wildman–Crippen MR) is 71.6 cm³/mol. The number of nitrogen functional groups attached to an aromatic ring is 1. The molecule has 0 saturated carbocycles. The van der Waals surface area contributed by atoms with E-state index in [2.05, 4.69) is 22.2 Å². The second kappa shape index (κ2) is 7.84. The van der Waals surface area contributed by atoms with Crippen LogP contribution >= 0.6 is 0 Å². The fourth-order valence-corrected chi connectivity index (χ4v) is 1.68. The number of nitrogens with one attached hydrogen (secondary N) is 1. The summed E-state index contributed by atoms with van der Waals surface area (Å²) in [4.78, 5) is 8.24. The van der Waals surface area contributed by atoms with Crippen LogP contribution in [0.4, 0.5) is 11.6 Å². The van der Waals surface area contributed by atoms with Gasteiger partial charge in [0.05, 0.1) is 12.7 Å². The molecule has 1 aromatic rings. The smallest absolute Gasteiger partial charge is 0.134 e. The van der Waals surface area contributed by atoms with Crippen LogP contribution in [0.3, 0.4) is 0 Å². The third-order valence-corrected chi connectivity index (χ3v) is 2.66. The van der Waals surface area contributed by atoms with Crippen molar-refractivity contribution in [3.63, 3.8) is 0 Å². The van der Waals surface area contributed by atoms with Gasteiger partial charge in [-0.2, -0.15) is 0 Å². The fourth-order valence-electron chi connectivity index (χ4n) is 1.68. The first-order chi connectivity index (χ1) is 8.72. The predicted octanol–water partition coefficient (Wildman–Crippen LogP) is 1.08. The van der Waals surface area contributed by atoms with E-state index in [1.807, 2.05) is 0 Å². The molecule has 1 aromatic heterocycles. The third kappa shape index (κ3) is 4.12. The van der Waals surface area contributed by atoms with Crippen molar-refractivity contribution < 1.29 is 9.47 Å². The standard InChI is InChI=1S/C12H22N4O2/c1-4-5-10-11(13)15-8-16-12(10)14-6-9(18-3)7-17-2/h8-9H,4-7H2,1-3H3,(H3,13,14,15,16). The lowest BCUT2D eigenvalue weighted by molar-refractivity contribution is 0.0365. The lowest BCUT2D eigenvalue weighted by Gasteiger charge is -2.17. The number of hydrogen-bond acceptors (Lipinski definition) is 6. The maximum absolute atomic E-state index is 5.86. The lowest BCUT2D eigenvalue weighted by atomic mass is 10.1. The van der Waals surface area contributed by atoms with Crippen molar-refractivity contribution in [3.05, 3.63) is 11.9 Å². The summed E-state index contributed by atoms with van der Waals surface area (Å²) >= 11 is 0. The first kappa shape index (κ1) is 14.7. The maximum Gasteiger partial charge on any atom is 0.134 e. The summed E-state index contributed by atoms with van der Waals surface area (Å²) in [5, 5.41) is 3.24. The zero-order valence-electron chi connectivity index (χ0n) is 11.3. The van der Waals surface area contributed by atoms with E-state index in [9.17, 15) is 0 Å². The monoisotopic (exact) mass is 254 g/mol. The van der Waals surface area contributed by atoms with Gasteiger partial charge in [0.1, 0.15) is 18.0 Å². The number of anilines is 2. The minimum absolute atomic E-state index is 0.0133. The summed E-state index contributed by atoms with van der Waals surface area (Å²) in [6.07, 6.45) is 3.31. The SMILES string of the molecule is CCCc1c(N)ncnc1NCC(COC)OC. The normalized spacial score (nSPS) is 12.4. The molecule has 102 valence electrons. The van der Waals surface area contributed by atoms with Crippen LogP contribution < -0.4 is 11.1 Å². The zero-order valence-corrected chi connectivity index (χ0v) is 11.3. The molecule has 0 radical (unpaired) electrons. The molecule has 0 aromatic carbocycles. The molecule has 6 heteroatoms. The van der Waals surface area contributed by atoms with Crippen molar-refractivity contribution in [2.24, 2.45) is 0 Å². The fraction of sp³-hybridized carbons (Fsp3) is 0.667. The Morgan fingerprint density at radius 1 is 1.39 bits per heavy atom. The van der Waals surface area contributed by atoms with Gasteiger partial charge >= 0.3 is 0 Å². The van der Waals surface area contributed by atoms with Gasteiger partial charge < -0.3 is 20.5 Å². The maximum atomic E-state index is 5.86. The van der Waals surface area contributed by atoms with Crippen molar-refractivity contribution >= 4 is 11.6 Å². The molecule has 0 aliphatic rings. The van der Waals surface area contributed by atoms with Crippen LogP contribution in [0.15, 0.2) is 6.33 Å². The van der Waals surface area contributed by atoms with Crippen molar-refractivity contribution in [2.75, 3.05) is 38.4 Å². The molecular weight excluding hydrogens is 232 g/mol. The molecule has 0 bridgehead atoms. The van der Waals surface area contributed by atoms with Crippen molar-refractivity contribution in [3.8, 4) is 0 Å². The Balaban J connectivity index is 2.68. The molecule has 0 aliphatic heterocycles. The van der Waals surface area contributed by atoms with Crippen LogP contribution in [0.1, 0.15) is 18.9 Å². The molecule has 0 fully saturated rings. The van der Waals surface area contributed by atoms with Gasteiger partial charge in [0.25, 0.3) is 0 Å². The minimum Gasteiger partial charge on any atom is -0.383 e. The Bertz CT molecular complexity index is 360. The molecule has 1 heterocycles. The van der Waals surface area contributed by atoms with Gasteiger partial charge in [-0.15, -0.1) is 0 Å². The molecule has 3 N–H and O–H groups in total. The Hall–Kier alpha value is -1.40. The molecule has 0 saturated heterocycles. The zero-order chi connectivity index (χ0) is 13.4. The Labute approximate surface area is 108 Å². The molecule has 0 spiro atoms. The van der Waals surface area contributed by atoms with Crippen LogP contribution in [0, 0.1) is 0 Å². The second-order valence-corrected chi connectivity index (χ2v) is 4.03. The summed E-state index contributed by atoms with van der Waals surface area (Å²) in [5.74, 6) is 1.32. The van der Waals surface area contributed by atoms with E-state index in [-0.39, 0.29) is 6.10 Å². The van der Waals surface area contributed by atoms with Crippen molar-refractivity contribution in [1.82, 2.24) is 9.97 Å². The van der Waals surface area contributed by atoms with E-state index in [1.54, 1.807) is 14.2 Å². The Morgan fingerprint density at radius 3 is 2.78 bits per heavy atom. The van der Waals surface area contributed by atoms with E-state index in [1.165, 1.54) is 6.33 Å². The quantitative estimate of drug-likeness (QED) is 0.722. The van der Waals surface area contributed by atoms with Crippen LogP contribution in [-0.2, 0) is 15.9 Å². The molecule has 0 amide bonds. The van der Waals surface area contributed by atoms with Gasteiger partial charge in [-0.3, -0.25) is 0 Å². The number of ether oxygens (including phenoxy) is 2. The molecular formula is C12H22N4O2. The molecule has 0 aliphatic carbocycles. The van der Waals surface area contributed by atoms with E-state index >= 15 is 0 Å². The number of aromatic nitrogens is 2. The van der Waals surface area contributed by atoms with E-state index < -0.39 is 0 Å². The van der Waals surface area contributed by atoms with Gasteiger partial charge in [-0.05, 0) is 6.42 Å². The van der Waals surface area contributed by atoms with Crippen molar-refractivity contribution in [2.45, 2.75) is 25.9 Å². The summed E-state index contributed by atoms with van der Waals surface area (Å²) in [7, 11) is 3.31. The largest absolute Gasteiger partial charge is 0.383 e. The van der Waals surface area contributed by atoms with Crippen LogP contribution in [0.25, 0.3) is 0 Å². The lowest BCUT2D eigenvalue weighted by Crippen LogP contribution is -2.27. The summed E-state index contributed by atoms with van der Waals surface area (Å²) in [6, 6.07) is 0. The van der Waals surface area contributed by atoms with Crippen LogP contribution in [0.2, 0.25) is 0 Å². The van der Waals surface area contributed by atoms with Gasteiger partial charge in [0.2, 0.25) is 0 Å². The average Bonchev–Trinajstić information content (AvgIpc) is 2.38. The van der Waals surface area contributed by atoms with Gasteiger partial charge in [-0.25, -0.2) is 9.97 Å². The first-order valence-electron chi connectivity index (χ1n) is 6.07. The highest BCUT2D eigenvalue weighted by Crippen LogP contribution is 2.18. The van der Waals surface area contributed by atoms with Gasteiger partial charge in [-0.1, -0.05) is 13.3 Å². The first-order valence-corrected chi connectivity index (χ1v) is 6.07.